The summed E-state index contributed by atoms with van der Waals surface area (Å²) in [4.78, 5) is 12.9. The van der Waals surface area contributed by atoms with E-state index in [1.165, 1.54) is 12.6 Å². The molecule has 160 valence electrons. The van der Waals surface area contributed by atoms with Crippen LogP contribution in [0.2, 0.25) is 0 Å². The molecular formula is C23H24FN5OS. The van der Waals surface area contributed by atoms with E-state index >= 15 is 0 Å². The highest BCUT2D eigenvalue weighted by molar-refractivity contribution is 8.00. The summed E-state index contributed by atoms with van der Waals surface area (Å²) in [7, 11) is -2.46. The number of pyridine rings is 1. The minimum Gasteiger partial charge on any atom is -0.326 e. The van der Waals surface area contributed by atoms with E-state index in [0.29, 0.717) is 51.4 Å². The lowest BCUT2D eigenvalue weighted by Gasteiger charge is -2.11. The number of halogens is 1. The Balaban J connectivity index is 2.13. The van der Waals surface area contributed by atoms with Crippen molar-refractivity contribution in [3.63, 3.8) is 0 Å². The summed E-state index contributed by atoms with van der Waals surface area (Å²) in [5, 5.41) is 0. The third kappa shape index (κ3) is 5.26. The predicted molar refractivity (Wildman–Crippen MR) is 124 cm³/mol. The topological polar surface area (TPSA) is 93.8 Å². The van der Waals surface area contributed by atoms with Crippen molar-refractivity contribution in [3.8, 4) is 23.1 Å². The smallest absolute Gasteiger partial charge is 0.137 e. The van der Waals surface area contributed by atoms with Gasteiger partial charge >= 0.3 is 0 Å². The molecule has 0 spiro atoms. The standard InChI is InChI=1S/C23H24FN5OS/c1-5-20-18(10-9-16-11-21(15(2)26-13-16)29-31(3,4)30)23(28-14-27-20)19-8-6-7-17(12-25)22(19)24/h6-8,11,13-14H,3,5,12,25H2,1-2,4H3,(H,29,30). The van der Waals surface area contributed by atoms with Crippen molar-refractivity contribution < 1.29 is 8.60 Å². The van der Waals surface area contributed by atoms with Gasteiger partial charge in [-0.3, -0.25) is 4.98 Å². The van der Waals surface area contributed by atoms with Crippen molar-refractivity contribution >= 4 is 21.3 Å². The molecule has 0 radical (unpaired) electrons. The quantitative estimate of drug-likeness (QED) is 0.473. The Kier molecular flexibility index (Phi) is 6.68. The molecule has 0 bridgehead atoms. The van der Waals surface area contributed by atoms with Crippen LogP contribution < -0.4 is 10.5 Å². The predicted octanol–water partition coefficient (Wildman–Crippen LogP) is 3.08. The zero-order valence-electron chi connectivity index (χ0n) is 17.7. The highest BCUT2D eigenvalue weighted by Crippen LogP contribution is 2.27. The lowest BCUT2D eigenvalue weighted by molar-refractivity contribution is 0.613. The summed E-state index contributed by atoms with van der Waals surface area (Å²) in [6.07, 6.45) is 5.15. The first-order valence-corrected chi connectivity index (χ1v) is 11.8. The number of hydrogen-bond acceptors (Lipinski definition) is 5. The van der Waals surface area contributed by atoms with Crippen LogP contribution in [-0.4, -0.2) is 31.3 Å². The lowest BCUT2D eigenvalue weighted by atomic mass is 10.0. The van der Waals surface area contributed by atoms with Crippen molar-refractivity contribution in [1.29, 1.82) is 0 Å². The Morgan fingerprint density at radius 3 is 2.71 bits per heavy atom. The molecule has 0 fully saturated rings. The molecule has 8 heteroatoms. The second-order valence-corrected chi connectivity index (χ2v) is 9.31. The van der Waals surface area contributed by atoms with Gasteiger partial charge in [0, 0.05) is 45.4 Å². The van der Waals surface area contributed by atoms with Gasteiger partial charge in [-0.05, 0) is 31.3 Å². The van der Waals surface area contributed by atoms with Crippen LogP contribution >= 0.6 is 0 Å². The number of nitrogens with one attached hydrogen (secondary N) is 1. The molecule has 3 aromatic rings. The fourth-order valence-corrected chi connectivity index (χ4v) is 3.69. The minimum atomic E-state index is -2.46. The molecular weight excluding hydrogens is 413 g/mol. The van der Waals surface area contributed by atoms with Crippen LogP contribution in [-0.2, 0) is 22.7 Å². The Labute approximate surface area is 182 Å². The monoisotopic (exact) mass is 437 g/mol. The average molecular weight is 438 g/mol. The van der Waals surface area contributed by atoms with Crippen LogP contribution in [0, 0.1) is 24.6 Å². The number of rotatable bonds is 5. The molecule has 6 nitrogen and oxygen atoms in total. The van der Waals surface area contributed by atoms with Gasteiger partial charge in [0.15, 0.2) is 0 Å². The van der Waals surface area contributed by atoms with Crippen LogP contribution in [0.4, 0.5) is 10.1 Å². The molecule has 2 heterocycles. The Morgan fingerprint density at radius 2 is 2.03 bits per heavy atom. The molecule has 0 aliphatic rings. The summed E-state index contributed by atoms with van der Waals surface area (Å²) >= 11 is 0. The Morgan fingerprint density at radius 1 is 1.26 bits per heavy atom. The maximum Gasteiger partial charge on any atom is 0.137 e. The molecule has 31 heavy (non-hydrogen) atoms. The highest BCUT2D eigenvalue weighted by atomic mass is 32.2. The van der Waals surface area contributed by atoms with E-state index in [1.54, 1.807) is 37.4 Å². The van der Waals surface area contributed by atoms with Crippen molar-refractivity contribution in [1.82, 2.24) is 15.0 Å². The molecule has 1 aromatic carbocycles. The van der Waals surface area contributed by atoms with Gasteiger partial charge in [0.25, 0.3) is 0 Å². The Bertz CT molecular complexity index is 1290. The highest BCUT2D eigenvalue weighted by Gasteiger charge is 2.16. The molecule has 0 amide bonds. The second kappa shape index (κ2) is 9.25. The molecule has 3 rings (SSSR count). The number of nitrogens with zero attached hydrogens (tertiary/aromatic N) is 3. The van der Waals surface area contributed by atoms with Gasteiger partial charge in [0.2, 0.25) is 0 Å². The number of nitrogens with two attached hydrogens (primary N) is 1. The zero-order valence-corrected chi connectivity index (χ0v) is 18.5. The lowest BCUT2D eigenvalue weighted by Crippen LogP contribution is -2.11. The minimum absolute atomic E-state index is 0.0874. The molecule has 0 aliphatic heterocycles. The number of benzene rings is 1. The normalized spacial score (nSPS) is 12.5. The molecule has 2 aromatic heterocycles. The van der Waals surface area contributed by atoms with Crippen molar-refractivity contribution in [2.45, 2.75) is 26.8 Å². The first-order valence-electron chi connectivity index (χ1n) is 9.63. The zero-order chi connectivity index (χ0) is 22.6. The van der Waals surface area contributed by atoms with Crippen LogP contribution in [0.5, 0.6) is 0 Å². The van der Waals surface area contributed by atoms with Crippen molar-refractivity contribution in [3.05, 3.63) is 70.7 Å². The van der Waals surface area contributed by atoms with Crippen molar-refractivity contribution in [2.75, 3.05) is 11.0 Å². The van der Waals surface area contributed by atoms with Gasteiger partial charge in [-0.2, -0.15) is 0 Å². The van der Waals surface area contributed by atoms with E-state index in [2.05, 4.69) is 37.4 Å². The SMILES string of the molecule is C=S(C)(=O)Nc1cc(C#Cc2c(CC)ncnc2-c2cccc(CN)c2F)cnc1C. The third-order valence-corrected chi connectivity index (χ3v) is 5.21. The first-order chi connectivity index (χ1) is 14.7. The molecule has 1 atom stereocenters. The van der Waals surface area contributed by atoms with Crippen LogP contribution in [0.1, 0.15) is 35.0 Å². The van der Waals surface area contributed by atoms with E-state index in [1.807, 2.05) is 6.92 Å². The first kappa shape index (κ1) is 22.4. The maximum absolute atomic E-state index is 15.0. The van der Waals surface area contributed by atoms with Crippen molar-refractivity contribution in [2.24, 2.45) is 5.73 Å². The summed E-state index contributed by atoms with van der Waals surface area (Å²) in [5.74, 6) is 9.35. The second-order valence-electron chi connectivity index (χ2n) is 7.09. The van der Waals surface area contributed by atoms with E-state index < -0.39 is 15.5 Å². The van der Waals surface area contributed by atoms with Gasteiger partial charge in [0.1, 0.15) is 12.1 Å². The molecule has 0 aliphatic carbocycles. The van der Waals surface area contributed by atoms with E-state index in [9.17, 15) is 8.60 Å². The number of aryl methyl sites for hydroxylation is 2. The van der Waals surface area contributed by atoms with Crippen LogP contribution in [0.3, 0.4) is 0 Å². The summed E-state index contributed by atoms with van der Waals surface area (Å²) in [5.41, 5.74) is 9.95. The van der Waals surface area contributed by atoms with Gasteiger partial charge in [0.05, 0.1) is 28.3 Å². The largest absolute Gasteiger partial charge is 0.326 e. The maximum atomic E-state index is 15.0. The van der Waals surface area contributed by atoms with Crippen LogP contribution in [0.15, 0.2) is 36.8 Å². The van der Waals surface area contributed by atoms with E-state index in [0.717, 1.165) is 0 Å². The average Bonchev–Trinajstić information content (AvgIpc) is 2.73. The number of anilines is 1. The molecule has 3 N–H and O–H groups in total. The van der Waals surface area contributed by atoms with E-state index in [-0.39, 0.29) is 6.54 Å². The van der Waals surface area contributed by atoms with Gasteiger partial charge in [-0.25, -0.2) is 18.6 Å². The summed E-state index contributed by atoms with van der Waals surface area (Å²) < 4.78 is 29.8. The van der Waals surface area contributed by atoms with Gasteiger partial charge in [-0.15, -0.1) is 0 Å². The summed E-state index contributed by atoms with van der Waals surface area (Å²) in [6.45, 7) is 3.84. The van der Waals surface area contributed by atoms with E-state index in [4.69, 9.17) is 5.73 Å². The fourth-order valence-electron chi connectivity index (χ4n) is 3.02. The Hall–Kier alpha value is -3.28. The van der Waals surface area contributed by atoms with Gasteiger partial charge < -0.3 is 10.5 Å². The van der Waals surface area contributed by atoms with Gasteiger partial charge in [-0.1, -0.05) is 30.9 Å². The number of hydrogen-bond donors (Lipinski definition) is 2. The molecule has 0 saturated heterocycles. The fraction of sp³-hybridized carbons (Fsp3) is 0.217. The summed E-state index contributed by atoms with van der Waals surface area (Å²) in [6, 6.07) is 6.80. The molecule has 1 unspecified atom stereocenters. The van der Waals surface area contributed by atoms with Crippen LogP contribution in [0.25, 0.3) is 11.3 Å². The third-order valence-electron chi connectivity index (χ3n) is 4.56. The number of aromatic nitrogens is 3. The molecule has 0 saturated carbocycles.